The lowest BCUT2D eigenvalue weighted by molar-refractivity contribution is -0.139. The lowest BCUT2D eigenvalue weighted by Gasteiger charge is -2.28. The zero-order chi connectivity index (χ0) is 30.7. The molecule has 1 aliphatic rings. The third-order valence-electron chi connectivity index (χ3n) is 7.28. The zero-order valence-corrected chi connectivity index (χ0v) is 25.6. The topological polar surface area (TPSA) is 110 Å². The summed E-state index contributed by atoms with van der Waals surface area (Å²) in [7, 11) is 0. The molecule has 2 amide bonds. The van der Waals surface area contributed by atoms with Gasteiger partial charge in [-0.3, -0.25) is 24.1 Å². The van der Waals surface area contributed by atoms with Gasteiger partial charge < -0.3 is 9.64 Å². The summed E-state index contributed by atoms with van der Waals surface area (Å²) in [6.07, 6.45) is 4.92. The highest BCUT2D eigenvalue weighted by molar-refractivity contribution is 7.20. The average Bonchev–Trinajstić information content (AvgIpc) is 3.67. The first-order valence-corrected chi connectivity index (χ1v) is 15.2. The molecule has 0 spiro atoms. The number of ether oxygens (including phenoxy) is 1. The molecule has 0 radical (unpaired) electrons. The van der Waals surface area contributed by atoms with Crippen LogP contribution in [0.25, 0.3) is 15.4 Å². The Labute approximate surface area is 254 Å². The molecule has 4 aromatic rings. The number of hydrogen-bond donors (Lipinski definition) is 1. The Morgan fingerprint density at radius 2 is 1.77 bits per heavy atom. The molecule has 224 valence electrons. The lowest BCUT2D eigenvalue weighted by atomic mass is 9.92. The van der Waals surface area contributed by atoms with Gasteiger partial charge in [-0.25, -0.2) is 9.78 Å². The van der Waals surface area contributed by atoms with E-state index in [4.69, 9.17) is 9.72 Å². The van der Waals surface area contributed by atoms with Crippen molar-refractivity contribution < 1.29 is 23.9 Å². The second kappa shape index (κ2) is 12.5. The van der Waals surface area contributed by atoms with Crippen LogP contribution >= 0.6 is 11.3 Å². The van der Waals surface area contributed by atoms with Gasteiger partial charge in [0, 0.05) is 31.0 Å². The quantitative estimate of drug-likeness (QED) is 0.242. The minimum Gasteiger partial charge on any atom is -0.444 e. The molecule has 2 aromatic carbocycles. The van der Waals surface area contributed by atoms with Gasteiger partial charge in [-0.15, -0.1) is 0 Å². The number of ketones is 2. The molecule has 0 unspecified atom stereocenters. The van der Waals surface area contributed by atoms with Crippen LogP contribution in [0.4, 0.5) is 10.5 Å². The van der Waals surface area contributed by atoms with Gasteiger partial charge in [0.25, 0.3) is 0 Å². The number of rotatable bonds is 9. The van der Waals surface area contributed by atoms with Crippen molar-refractivity contribution in [3.8, 4) is 10.4 Å². The van der Waals surface area contributed by atoms with Crippen molar-refractivity contribution >= 4 is 45.6 Å². The van der Waals surface area contributed by atoms with E-state index in [1.165, 1.54) is 18.3 Å². The molecular weight excluding hydrogens is 564 g/mol. The lowest BCUT2D eigenvalue weighted by Crippen LogP contribution is -2.43. The molecule has 2 aromatic heterocycles. The van der Waals surface area contributed by atoms with Crippen LogP contribution in [0.5, 0.6) is 0 Å². The molecular formula is C33H36N4O5S. The van der Waals surface area contributed by atoms with Gasteiger partial charge in [-0.05, 0) is 63.8 Å². The molecule has 1 saturated heterocycles. The third-order valence-corrected chi connectivity index (χ3v) is 8.32. The molecule has 0 aliphatic carbocycles. The maximum absolute atomic E-state index is 13.6. The van der Waals surface area contributed by atoms with Gasteiger partial charge >= 0.3 is 6.09 Å². The van der Waals surface area contributed by atoms with E-state index in [9.17, 15) is 19.2 Å². The molecule has 1 fully saturated rings. The average molecular weight is 601 g/mol. The Hall–Kier alpha value is -4.31. The van der Waals surface area contributed by atoms with E-state index >= 15 is 0 Å². The Morgan fingerprint density at radius 1 is 1.05 bits per heavy atom. The third kappa shape index (κ3) is 7.37. The van der Waals surface area contributed by atoms with E-state index < -0.39 is 23.7 Å². The van der Waals surface area contributed by atoms with Crippen molar-refractivity contribution in [2.24, 2.45) is 0 Å². The van der Waals surface area contributed by atoms with Gasteiger partial charge in [-0.2, -0.15) is 0 Å². The fourth-order valence-electron chi connectivity index (χ4n) is 5.38. The van der Waals surface area contributed by atoms with Crippen LogP contribution < -0.4 is 5.32 Å². The molecule has 3 heterocycles. The first-order chi connectivity index (χ1) is 20.5. The number of carbonyl (C=O) groups excluding carboxylic acids is 4. The molecule has 0 bridgehead atoms. The Kier molecular flexibility index (Phi) is 8.77. The van der Waals surface area contributed by atoms with Crippen molar-refractivity contribution in [2.75, 3.05) is 11.9 Å². The van der Waals surface area contributed by atoms with Crippen molar-refractivity contribution in [1.29, 1.82) is 0 Å². The van der Waals surface area contributed by atoms with Crippen LogP contribution in [0, 0.1) is 0 Å². The van der Waals surface area contributed by atoms with Crippen molar-refractivity contribution in [3.05, 3.63) is 78.2 Å². The van der Waals surface area contributed by atoms with E-state index in [2.05, 4.69) is 5.32 Å². The minimum atomic E-state index is -0.592. The van der Waals surface area contributed by atoms with Crippen LogP contribution in [0.1, 0.15) is 64.1 Å². The second-order valence-electron chi connectivity index (χ2n) is 11.9. The number of amides is 2. The minimum absolute atomic E-state index is 0.0421. The Balaban J connectivity index is 1.24. The molecule has 1 N–H and O–H groups in total. The van der Waals surface area contributed by atoms with E-state index in [1.54, 1.807) is 4.90 Å². The number of fused-ring (bicyclic) bond motifs is 1. The summed E-state index contributed by atoms with van der Waals surface area (Å²) in [4.78, 5) is 59.2. The van der Waals surface area contributed by atoms with E-state index in [1.807, 2.05) is 92.2 Å². The van der Waals surface area contributed by atoms with Gasteiger partial charge in [0.2, 0.25) is 5.91 Å². The van der Waals surface area contributed by atoms with Gasteiger partial charge in [0.15, 0.2) is 10.7 Å². The maximum atomic E-state index is 13.6. The standard InChI is InChI=1S/C33H36N4O5S/c1-21(38)17-26(22-9-6-5-7-10-22)30(40)37-16-8-11-27(37)28(39)18-25-19-36-20-29(43-31(36)34-25)23-12-14-24(15-13-23)35-32(41)42-33(2,3)4/h5-7,9-10,12-15,19-20,26-27H,8,11,16-18H2,1-4H3,(H,35,41)/t26-,27-/m0/s1. The number of nitrogens with zero attached hydrogens (tertiary/aromatic N) is 3. The van der Waals surface area contributed by atoms with Crippen molar-refractivity contribution in [3.63, 3.8) is 0 Å². The smallest absolute Gasteiger partial charge is 0.412 e. The first-order valence-electron chi connectivity index (χ1n) is 14.4. The summed E-state index contributed by atoms with van der Waals surface area (Å²) in [6.45, 7) is 7.44. The van der Waals surface area contributed by atoms with Crippen molar-refractivity contribution in [1.82, 2.24) is 14.3 Å². The summed E-state index contributed by atoms with van der Waals surface area (Å²) < 4.78 is 7.21. The number of thiazole rings is 1. The summed E-state index contributed by atoms with van der Waals surface area (Å²) >= 11 is 1.50. The van der Waals surface area contributed by atoms with Crippen LogP contribution in [-0.2, 0) is 25.5 Å². The van der Waals surface area contributed by atoms with E-state index in [0.717, 1.165) is 27.4 Å². The van der Waals surface area contributed by atoms with Crippen molar-refractivity contribution in [2.45, 2.75) is 70.9 Å². The molecule has 2 atom stereocenters. The highest BCUT2D eigenvalue weighted by Gasteiger charge is 2.38. The maximum Gasteiger partial charge on any atom is 0.412 e. The fraction of sp³-hybridized carbons (Fsp3) is 0.364. The number of likely N-dealkylation sites (tertiary alicyclic amines) is 1. The summed E-state index contributed by atoms with van der Waals surface area (Å²) in [5.74, 6) is -0.861. The van der Waals surface area contributed by atoms with E-state index in [0.29, 0.717) is 24.3 Å². The van der Waals surface area contributed by atoms with Crippen LogP contribution in [0.15, 0.2) is 67.0 Å². The van der Waals surface area contributed by atoms with Gasteiger partial charge in [-0.1, -0.05) is 53.8 Å². The predicted octanol–water partition coefficient (Wildman–Crippen LogP) is 6.28. The highest BCUT2D eigenvalue weighted by Crippen LogP contribution is 2.31. The number of benzene rings is 2. The predicted molar refractivity (Wildman–Crippen MR) is 166 cm³/mol. The summed E-state index contributed by atoms with van der Waals surface area (Å²) in [5, 5.41) is 2.73. The number of hydrogen-bond acceptors (Lipinski definition) is 7. The largest absolute Gasteiger partial charge is 0.444 e. The molecule has 1 aliphatic heterocycles. The number of anilines is 1. The zero-order valence-electron chi connectivity index (χ0n) is 24.8. The molecule has 5 rings (SSSR count). The normalized spacial score (nSPS) is 15.8. The number of carbonyl (C=O) groups is 4. The number of aromatic nitrogens is 2. The SMILES string of the molecule is CC(=O)C[C@H](C(=O)N1CCC[C@H]1C(=O)Cc1cn2cc(-c3ccc(NC(=O)OC(C)(C)C)cc3)sc2n1)c1ccccc1. The number of Topliss-reactive ketones (excluding diaryl/α,β-unsaturated/α-hetero) is 2. The highest BCUT2D eigenvalue weighted by atomic mass is 32.1. The summed E-state index contributed by atoms with van der Waals surface area (Å²) in [5.41, 5.74) is 2.48. The number of nitrogens with one attached hydrogen (secondary N) is 1. The van der Waals surface area contributed by atoms with Gasteiger partial charge in [0.05, 0.1) is 29.0 Å². The second-order valence-corrected chi connectivity index (χ2v) is 12.9. The Morgan fingerprint density at radius 3 is 2.42 bits per heavy atom. The first kappa shape index (κ1) is 30.2. The fourth-order valence-corrected chi connectivity index (χ4v) is 6.38. The molecule has 9 nitrogen and oxygen atoms in total. The van der Waals surface area contributed by atoms with Crippen LogP contribution in [-0.4, -0.2) is 56.0 Å². The molecule has 0 saturated carbocycles. The molecule has 10 heteroatoms. The van der Waals surface area contributed by atoms with Crippen LogP contribution in [0.3, 0.4) is 0 Å². The molecule has 43 heavy (non-hydrogen) atoms. The Bertz CT molecular complexity index is 1600. The van der Waals surface area contributed by atoms with E-state index in [-0.39, 0.29) is 30.3 Å². The van der Waals surface area contributed by atoms with Gasteiger partial charge in [0.1, 0.15) is 11.4 Å². The summed E-state index contributed by atoms with van der Waals surface area (Å²) in [6, 6.07) is 16.3. The number of imidazole rings is 1. The monoisotopic (exact) mass is 600 g/mol. The van der Waals surface area contributed by atoms with Crippen LogP contribution in [0.2, 0.25) is 0 Å².